The molecule has 2 rings (SSSR count). The van der Waals surface area contributed by atoms with Crippen molar-refractivity contribution in [1.82, 2.24) is 5.32 Å². The van der Waals surface area contributed by atoms with Crippen LogP contribution in [0.3, 0.4) is 0 Å². The highest BCUT2D eigenvalue weighted by molar-refractivity contribution is 5.26. The molecule has 1 aromatic carbocycles. The molecule has 1 saturated heterocycles. The smallest absolute Gasteiger partial charge is 0.381 e. The highest BCUT2D eigenvalue weighted by atomic mass is 19.4. The zero-order chi connectivity index (χ0) is 14.6. The normalized spacial score (nSPS) is 19.0. The predicted molar refractivity (Wildman–Crippen MR) is 71.4 cm³/mol. The molecule has 1 aromatic rings. The van der Waals surface area contributed by atoms with Crippen LogP contribution in [0.2, 0.25) is 0 Å². The van der Waals surface area contributed by atoms with Crippen molar-refractivity contribution in [2.45, 2.75) is 32.0 Å². The number of halogens is 3. The van der Waals surface area contributed by atoms with E-state index in [0.717, 1.165) is 50.3 Å². The number of benzene rings is 1. The molecular formula is C15H20F3NO. The maximum Gasteiger partial charge on any atom is 0.416 e. The summed E-state index contributed by atoms with van der Waals surface area (Å²) in [7, 11) is 0. The Labute approximate surface area is 117 Å². The molecule has 0 spiro atoms. The van der Waals surface area contributed by atoms with Gasteiger partial charge < -0.3 is 10.1 Å². The molecule has 0 saturated carbocycles. The lowest BCUT2D eigenvalue weighted by Gasteiger charge is -2.24. The summed E-state index contributed by atoms with van der Waals surface area (Å²) in [6.45, 7) is 4.47. The SMILES string of the molecule is CC(NCC1CCOCC1)c1ccc(C(F)(F)F)cc1. The van der Waals surface area contributed by atoms with Crippen LogP contribution >= 0.6 is 0 Å². The van der Waals surface area contributed by atoms with Gasteiger partial charge in [0.2, 0.25) is 0 Å². The Hall–Kier alpha value is -1.07. The van der Waals surface area contributed by atoms with Gasteiger partial charge >= 0.3 is 6.18 Å². The van der Waals surface area contributed by atoms with E-state index in [1.807, 2.05) is 6.92 Å². The molecule has 1 fully saturated rings. The van der Waals surface area contributed by atoms with Crippen molar-refractivity contribution in [3.05, 3.63) is 35.4 Å². The minimum absolute atomic E-state index is 0.0557. The van der Waals surface area contributed by atoms with E-state index in [9.17, 15) is 13.2 Å². The Balaban J connectivity index is 1.87. The van der Waals surface area contributed by atoms with E-state index < -0.39 is 11.7 Å². The van der Waals surface area contributed by atoms with E-state index in [1.165, 1.54) is 0 Å². The predicted octanol–water partition coefficient (Wildman–Crippen LogP) is 3.78. The molecule has 2 nitrogen and oxygen atoms in total. The van der Waals surface area contributed by atoms with Crippen molar-refractivity contribution in [2.75, 3.05) is 19.8 Å². The summed E-state index contributed by atoms with van der Waals surface area (Å²) in [6.07, 6.45) is -2.17. The zero-order valence-electron chi connectivity index (χ0n) is 11.5. The maximum atomic E-state index is 12.5. The van der Waals surface area contributed by atoms with E-state index in [0.29, 0.717) is 5.92 Å². The van der Waals surface area contributed by atoms with Gasteiger partial charge in [-0.3, -0.25) is 0 Å². The van der Waals surface area contributed by atoms with E-state index in [-0.39, 0.29) is 6.04 Å². The molecule has 0 amide bonds. The fraction of sp³-hybridized carbons (Fsp3) is 0.600. The maximum absolute atomic E-state index is 12.5. The van der Waals surface area contributed by atoms with Crippen LogP contribution in [0.1, 0.15) is 36.9 Å². The van der Waals surface area contributed by atoms with E-state index in [4.69, 9.17) is 4.74 Å². The third-order valence-corrected chi connectivity index (χ3v) is 3.79. The van der Waals surface area contributed by atoms with Gasteiger partial charge in [0.15, 0.2) is 0 Å². The van der Waals surface area contributed by atoms with Crippen LogP contribution in [0.5, 0.6) is 0 Å². The van der Waals surface area contributed by atoms with Crippen LogP contribution in [-0.2, 0) is 10.9 Å². The lowest BCUT2D eigenvalue weighted by molar-refractivity contribution is -0.137. The molecule has 112 valence electrons. The first-order chi connectivity index (χ1) is 9.47. The minimum atomic E-state index is -4.27. The molecule has 1 aliphatic rings. The van der Waals surface area contributed by atoms with Crippen molar-refractivity contribution in [3.8, 4) is 0 Å². The molecule has 1 heterocycles. The molecule has 0 bridgehead atoms. The first-order valence-corrected chi connectivity index (χ1v) is 6.95. The van der Waals surface area contributed by atoms with Crippen LogP contribution in [-0.4, -0.2) is 19.8 Å². The van der Waals surface area contributed by atoms with Crippen LogP contribution in [0.15, 0.2) is 24.3 Å². The number of rotatable bonds is 4. The highest BCUT2D eigenvalue weighted by Gasteiger charge is 2.30. The second kappa shape index (κ2) is 6.59. The van der Waals surface area contributed by atoms with E-state index >= 15 is 0 Å². The molecular weight excluding hydrogens is 267 g/mol. The Morgan fingerprint density at radius 3 is 2.35 bits per heavy atom. The summed E-state index contributed by atoms with van der Waals surface area (Å²) in [5.74, 6) is 0.598. The van der Waals surface area contributed by atoms with Crippen LogP contribution in [0.25, 0.3) is 0 Å². The zero-order valence-corrected chi connectivity index (χ0v) is 11.5. The summed E-state index contributed by atoms with van der Waals surface area (Å²) in [5, 5.41) is 3.39. The first kappa shape index (κ1) is 15.3. The second-order valence-corrected chi connectivity index (χ2v) is 5.31. The van der Waals surface area contributed by atoms with Crippen molar-refractivity contribution >= 4 is 0 Å². The summed E-state index contributed by atoms with van der Waals surface area (Å²) in [6, 6.07) is 5.43. The number of ether oxygens (including phenoxy) is 1. The Morgan fingerprint density at radius 1 is 1.20 bits per heavy atom. The van der Waals surface area contributed by atoms with Gasteiger partial charge in [0.05, 0.1) is 5.56 Å². The fourth-order valence-electron chi connectivity index (χ4n) is 2.37. The van der Waals surface area contributed by atoms with Crippen LogP contribution in [0.4, 0.5) is 13.2 Å². The summed E-state index contributed by atoms with van der Waals surface area (Å²) in [5.41, 5.74) is 0.280. The first-order valence-electron chi connectivity index (χ1n) is 6.95. The van der Waals surface area contributed by atoms with Crippen molar-refractivity contribution < 1.29 is 17.9 Å². The minimum Gasteiger partial charge on any atom is -0.381 e. The number of nitrogens with one attached hydrogen (secondary N) is 1. The summed E-state index contributed by atoms with van der Waals surface area (Å²) in [4.78, 5) is 0. The molecule has 20 heavy (non-hydrogen) atoms. The summed E-state index contributed by atoms with van der Waals surface area (Å²) >= 11 is 0. The monoisotopic (exact) mass is 287 g/mol. The molecule has 1 N–H and O–H groups in total. The average molecular weight is 287 g/mol. The number of hydrogen-bond donors (Lipinski definition) is 1. The molecule has 0 aromatic heterocycles. The Bertz CT molecular complexity index is 410. The largest absolute Gasteiger partial charge is 0.416 e. The second-order valence-electron chi connectivity index (χ2n) is 5.31. The molecule has 1 atom stereocenters. The molecule has 5 heteroatoms. The Kier molecular flexibility index (Phi) is 5.05. The number of alkyl halides is 3. The number of hydrogen-bond acceptors (Lipinski definition) is 2. The lowest BCUT2D eigenvalue weighted by atomic mass is 9.99. The van der Waals surface area contributed by atoms with E-state index in [1.54, 1.807) is 12.1 Å². The molecule has 1 unspecified atom stereocenters. The van der Waals surface area contributed by atoms with Crippen molar-refractivity contribution in [3.63, 3.8) is 0 Å². The summed E-state index contributed by atoms with van der Waals surface area (Å²) < 4.78 is 42.8. The van der Waals surface area contributed by atoms with Gasteiger partial charge in [-0.2, -0.15) is 13.2 Å². The van der Waals surface area contributed by atoms with Gasteiger partial charge in [0.1, 0.15) is 0 Å². The van der Waals surface area contributed by atoms with Gasteiger partial charge in [-0.1, -0.05) is 12.1 Å². The fourth-order valence-corrected chi connectivity index (χ4v) is 2.37. The third kappa shape index (κ3) is 4.21. The van der Waals surface area contributed by atoms with Crippen LogP contribution in [0, 0.1) is 5.92 Å². The topological polar surface area (TPSA) is 21.3 Å². The third-order valence-electron chi connectivity index (χ3n) is 3.79. The molecule has 0 aliphatic carbocycles. The van der Waals surface area contributed by atoms with Crippen molar-refractivity contribution in [2.24, 2.45) is 5.92 Å². The van der Waals surface area contributed by atoms with E-state index in [2.05, 4.69) is 5.32 Å². The quantitative estimate of drug-likeness (QED) is 0.910. The van der Waals surface area contributed by atoms with Gasteiger partial charge in [-0.25, -0.2) is 0 Å². The van der Waals surface area contributed by atoms with Gasteiger partial charge in [-0.15, -0.1) is 0 Å². The molecule has 0 radical (unpaired) electrons. The Morgan fingerprint density at radius 2 is 1.80 bits per heavy atom. The standard InChI is InChI=1S/C15H20F3NO/c1-11(19-10-12-6-8-20-9-7-12)13-2-4-14(5-3-13)15(16,17)18/h2-5,11-12,19H,6-10H2,1H3. The van der Waals surface area contributed by atoms with Gasteiger partial charge in [0.25, 0.3) is 0 Å². The lowest BCUT2D eigenvalue weighted by Crippen LogP contribution is -2.29. The average Bonchev–Trinajstić information content (AvgIpc) is 2.45. The van der Waals surface area contributed by atoms with Crippen molar-refractivity contribution in [1.29, 1.82) is 0 Å². The van der Waals surface area contributed by atoms with Gasteiger partial charge in [0, 0.05) is 19.3 Å². The highest BCUT2D eigenvalue weighted by Crippen LogP contribution is 2.29. The van der Waals surface area contributed by atoms with Gasteiger partial charge in [-0.05, 0) is 49.9 Å². The van der Waals surface area contributed by atoms with Crippen LogP contribution < -0.4 is 5.32 Å². The molecule has 1 aliphatic heterocycles.